The van der Waals surface area contributed by atoms with Crippen LogP contribution in [-0.4, -0.2) is 26.0 Å². The van der Waals surface area contributed by atoms with Gasteiger partial charge in [-0.2, -0.15) is 0 Å². The monoisotopic (exact) mass is 349 g/mol. The van der Waals surface area contributed by atoms with Gasteiger partial charge in [-0.15, -0.1) is 0 Å². The number of rotatable bonds is 5. The predicted molar refractivity (Wildman–Crippen MR) is 88.0 cm³/mol. The van der Waals surface area contributed by atoms with Crippen LogP contribution in [0.15, 0.2) is 33.7 Å². The van der Waals surface area contributed by atoms with E-state index in [2.05, 4.69) is 9.88 Å². The molecule has 0 unspecified atom stereocenters. The Morgan fingerprint density at radius 2 is 2.12 bits per heavy atom. The molecular weight excluding hydrogens is 330 g/mol. The van der Waals surface area contributed by atoms with E-state index >= 15 is 0 Å². The van der Waals surface area contributed by atoms with Gasteiger partial charge in [0.15, 0.2) is 5.76 Å². The topological polar surface area (TPSA) is 92.5 Å². The fraction of sp³-hybridized carbons (Fsp3) is 0.375. The fourth-order valence-corrected chi connectivity index (χ4v) is 4.21. The minimum atomic E-state index is -3.71. The van der Waals surface area contributed by atoms with Gasteiger partial charge in [-0.05, 0) is 38.0 Å². The van der Waals surface area contributed by atoms with Crippen molar-refractivity contribution in [1.29, 1.82) is 0 Å². The van der Waals surface area contributed by atoms with Crippen molar-refractivity contribution in [2.75, 3.05) is 11.4 Å². The van der Waals surface area contributed by atoms with Crippen molar-refractivity contribution < 1.29 is 17.7 Å². The number of aromatic nitrogens is 1. The van der Waals surface area contributed by atoms with Crippen LogP contribution in [0.5, 0.6) is 0 Å². The minimum absolute atomic E-state index is 0.0772. The summed E-state index contributed by atoms with van der Waals surface area (Å²) in [6, 6.07) is 7.33. The van der Waals surface area contributed by atoms with Gasteiger partial charge in [-0.1, -0.05) is 17.3 Å². The Balaban J connectivity index is 1.76. The van der Waals surface area contributed by atoms with E-state index in [1.807, 2.05) is 24.3 Å². The fourth-order valence-electron chi connectivity index (χ4n) is 2.86. The molecule has 0 aliphatic carbocycles. The summed E-state index contributed by atoms with van der Waals surface area (Å²) < 4.78 is 32.3. The maximum Gasteiger partial charge on any atom is 0.246 e. The van der Waals surface area contributed by atoms with Crippen LogP contribution in [0.25, 0.3) is 0 Å². The second kappa shape index (κ2) is 6.37. The Bertz CT molecular complexity index is 854. The molecule has 0 saturated carbocycles. The van der Waals surface area contributed by atoms with Crippen LogP contribution < -0.4 is 9.62 Å². The van der Waals surface area contributed by atoms with Gasteiger partial charge in [-0.3, -0.25) is 4.79 Å². The molecule has 0 radical (unpaired) electrons. The molecule has 24 heavy (non-hydrogen) atoms. The molecule has 2 heterocycles. The van der Waals surface area contributed by atoms with E-state index in [1.54, 1.807) is 18.7 Å². The summed E-state index contributed by atoms with van der Waals surface area (Å²) in [4.78, 5) is 13.6. The van der Waals surface area contributed by atoms with E-state index < -0.39 is 10.0 Å². The third-order valence-corrected chi connectivity index (χ3v) is 5.64. The van der Waals surface area contributed by atoms with Gasteiger partial charge in [0.1, 0.15) is 10.6 Å². The standard InChI is InChI=1S/C16H19N3O4S/c1-11-16(12(2)23-18-11)24(21,22)17-10-13-5-3-6-14(9-13)19-8-4-7-15(19)20/h3,5-6,9,17H,4,7-8,10H2,1-2H3. The molecule has 1 aliphatic rings. The lowest BCUT2D eigenvalue weighted by Gasteiger charge is -2.16. The zero-order chi connectivity index (χ0) is 17.3. The van der Waals surface area contributed by atoms with E-state index in [0.29, 0.717) is 18.7 Å². The van der Waals surface area contributed by atoms with E-state index in [1.165, 1.54) is 0 Å². The lowest BCUT2D eigenvalue weighted by atomic mass is 10.2. The number of nitrogens with one attached hydrogen (secondary N) is 1. The van der Waals surface area contributed by atoms with E-state index in [9.17, 15) is 13.2 Å². The molecular formula is C16H19N3O4S. The zero-order valence-corrected chi connectivity index (χ0v) is 14.4. The Morgan fingerprint density at radius 3 is 2.75 bits per heavy atom. The van der Waals surface area contributed by atoms with Crippen molar-refractivity contribution >= 4 is 21.6 Å². The van der Waals surface area contributed by atoms with Crippen LogP contribution in [0.3, 0.4) is 0 Å². The van der Waals surface area contributed by atoms with Crippen molar-refractivity contribution in [1.82, 2.24) is 9.88 Å². The van der Waals surface area contributed by atoms with Crippen LogP contribution in [-0.2, 0) is 21.4 Å². The maximum absolute atomic E-state index is 12.4. The summed E-state index contributed by atoms with van der Waals surface area (Å²) in [5.41, 5.74) is 1.91. The summed E-state index contributed by atoms with van der Waals surface area (Å²) in [7, 11) is -3.71. The Kier molecular flexibility index (Phi) is 4.42. The lowest BCUT2D eigenvalue weighted by Crippen LogP contribution is -2.25. The molecule has 7 nitrogen and oxygen atoms in total. The SMILES string of the molecule is Cc1noc(C)c1S(=O)(=O)NCc1cccc(N2CCCC2=O)c1. The van der Waals surface area contributed by atoms with Gasteiger partial charge in [-0.25, -0.2) is 13.1 Å². The number of sulfonamides is 1. The molecule has 3 rings (SSSR count). The molecule has 0 atom stereocenters. The van der Waals surface area contributed by atoms with Crippen LogP contribution in [0, 0.1) is 13.8 Å². The normalized spacial score (nSPS) is 15.2. The molecule has 1 saturated heterocycles. The van der Waals surface area contributed by atoms with Gasteiger partial charge >= 0.3 is 0 Å². The minimum Gasteiger partial charge on any atom is -0.360 e. The van der Waals surface area contributed by atoms with Gasteiger partial charge in [0, 0.05) is 25.2 Å². The zero-order valence-electron chi connectivity index (χ0n) is 13.6. The number of aryl methyl sites for hydroxylation is 2. The Labute approximate surface area is 140 Å². The van der Waals surface area contributed by atoms with Crippen molar-refractivity contribution in [3.8, 4) is 0 Å². The van der Waals surface area contributed by atoms with Crippen LogP contribution in [0.4, 0.5) is 5.69 Å². The second-order valence-corrected chi connectivity index (χ2v) is 7.50. The van der Waals surface area contributed by atoms with E-state index in [4.69, 9.17) is 4.52 Å². The quantitative estimate of drug-likeness (QED) is 0.890. The Morgan fingerprint density at radius 1 is 1.33 bits per heavy atom. The summed E-state index contributed by atoms with van der Waals surface area (Å²) in [5.74, 6) is 0.361. The maximum atomic E-state index is 12.4. The third-order valence-electron chi connectivity index (χ3n) is 4.00. The highest BCUT2D eigenvalue weighted by atomic mass is 32.2. The summed E-state index contributed by atoms with van der Waals surface area (Å²) >= 11 is 0. The molecule has 1 fully saturated rings. The van der Waals surface area contributed by atoms with Gasteiger partial charge in [0.2, 0.25) is 15.9 Å². The highest BCUT2D eigenvalue weighted by Gasteiger charge is 2.24. The second-order valence-electron chi connectivity index (χ2n) is 5.80. The summed E-state index contributed by atoms with van der Waals surface area (Å²) in [6.07, 6.45) is 1.41. The largest absolute Gasteiger partial charge is 0.360 e. The first-order chi connectivity index (χ1) is 11.4. The van der Waals surface area contributed by atoms with Crippen molar-refractivity contribution in [2.24, 2.45) is 0 Å². The number of carbonyl (C=O) groups excluding carboxylic acids is 1. The number of anilines is 1. The van der Waals surface area contributed by atoms with Crippen molar-refractivity contribution in [2.45, 2.75) is 38.1 Å². The predicted octanol–water partition coefficient (Wildman–Crippen LogP) is 1.90. The molecule has 1 aliphatic heterocycles. The number of carbonyl (C=O) groups is 1. The summed E-state index contributed by atoms with van der Waals surface area (Å²) in [6.45, 7) is 3.98. The van der Waals surface area contributed by atoms with Crippen LogP contribution in [0.2, 0.25) is 0 Å². The van der Waals surface area contributed by atoms with E-state index in [-0.39, 0.29) is 23.1 Å². The third kappa shape index (κ3) is 3.20. The van der Waals surface area contributed by atoms with Gasteiger partial charge in [0.25, 0.3) is 0 Å². The van der Waals surface area contributed by atoms with Gasteiger partial charge < -0.3 is 9.42 Å². The first kappa shape index (κ1) is 16.7. The van der Waals surface area contributed by atoms with Gasteiger partial charge in [0.05, 0.1) is 0 Å². The summed E-state index contributed by atoms with van der Waals surface area (Å²) in [5, 5.41) is 3.67. The molecule has 0 bridgehead atoms. The molecule has 1 N–H and O–H groups in total. The van der Waals surface area contributed by atoms with Crippen molar-refractivity contribution in [3.05, 3.63) is 41.3 Å². The molecule has 1 amide bonds. The first-order valence-corrected chi connectivity index (χ1v) is 9.18. The highest BCUT2D eigenvalue weighted by Crippen LogP contribution is 2.23. The molecule has 8 heteroatoms. The molecule has 128 valence electrons. The molecule has 2 aromatic rings. The van der Waals surface area contributed by atoms with Crippen molar-refractivity contribution in [3.63, 3.8) is 0 Å². The molecule has 0 spiro atoms. The number of hydrogen-bond donors (Lipinski definition) is 1. The Hall–Kier alpha value is -2.19. The first-order valence-electron chi connectivity index (χ1n) is 7.70. The van der Waals surface area contributed by atoms with Crippen LogP contribution in [0.1, 0.15) is 29.9 Å². The number of hydrogen-bond acceptors (Lipinski definition) is 5. The smallest absolute Gasteiger partial charge is 0.246 e. The average molecular weight is 349 g/mol. The highest BCUT2D eigenvalue weighted by molar-refractivity contribution is 7.89. The molecule has 1 aromatic carbocycles. The van der Waals surface area contributed by atoms with Crippen LogP contribution >= 0.6 is 0 Å². The lowest BCUT2D eigenvalue weighted by molar-refractivity contribution is -0.117. The number of benzene rings is 1. The average Bonchev–Trinajstić information content (AvgIpc) is 3.11. The number of amides is 1. The van der Waals surface area contributed by atoms with E-state index in [0.717, 1.165) is 17.7 Å². The number of nitrogens with zero attached hydrogens (tertiary/aromatic N) is 2. The molecule has 1 aromatic heterocycles.